The number of esters is 1. The lowest BCUT2D eigenvalue weighted by Crippen LogP contribution is -2.45. The van der Waals surface area contributed by atoms with E-state index in [1.807, 2.05) is 62.4 Å². The molecule has 0 aliphatic rings. The van der Waals surface area contributed by atoms with Crippen molar-refractivity contribution in [1.29, 1.82) is 0 Å². The van der Waals surface area contributed by atoms with Crippen molar-refractivity contribution in [2.45, 2.75) is 51.9 Å². The Balaban J connectivity index is 1.57. The zero-order chi connectivity index (χ0) is 29.6. The summed E-state index contributed by atoms with van der Waals surface area (Å²) in [6, 6.07) is 19.0. The summed E-state index contributed by atoms with van der Waals surface area (Å²) in [5, 5.41) is 17.6. The number of hydrogen-bond donors (Lipinski definition) is 2. The van der Waals surface area contributed by atoms with Gasteiger partial charge in [0, 0.05) is 25.1 Å². The molecule has 11 heteroatoms. The van der Waals surface area contributed by atoms with Gasteiger partial charge in [-0.15, -0.1) is 0 Å². The van der Waals surface area contributed by atoms with Gasteiger partial charge in [-0.05, 0) is 30.0 Å². The summed E-state index contributed by atoms with van der Waals surface area (Å²) in [6.45, 7) is 4.43. The van der Waals surface area contributed by atoms with Gasteiger partial charge in [0.2, 0.25) is 11.8 Å². The van der Waals surface area contributed by atoms with E-state index in [1.54, 1.807) is 18.2 Å². The molecule has 2 atom stereocenters. The van der Waals surface area contributed by atoms with Crippen LogP contribution >= 0.6 is 0 Å². The van der Waals surface area contributed by atoms with Crippen molar-refractivity contribution < 1.29 is 28.7 Å². The number of hydrogen-bond acceptors (Lipinski definition) is 9. The minimum Gasteiger partial charge on any atom is -0.467 e. The van der Waals surface area contributed by atoms with Crippen LogP contribution in [0.25, 0.3) is 0 Å². The highest BCUT2D eigenvalue weighted by molar-refractivity contribution is 5.84. The number of ether oxygens (including phenoxy) is 3. The molecule has 0 aliphatic heterocycles. The Labute approximate surface area is 239 Å². The van der Waals surface area contributed by atoms with Crippen molar-refractivity contribution in [3.05, 3.63) is 94.2 Å². The highest BCUT2D eigenvalue weighted by atomic mass is 16.6. The van der Waals surface area contributed by atoms with Crippen LogP contribution in [0.3, 0.4) is 0 Å². The summed E-state index contributed by atoms with van der Waals surface area (Å²) in [5.74, 6) is -0.000577. The van der Waals surface area contributed by atoms with Crippen LogP contribution in [0.2, 0.25) is 0 Å². The number of pyridine rings is 1. The number of nitrogens with zero attached hydrogens (tertiary/aromatic N) is 2. The van der Waals surface area contributed by atoms with E-state index in [0.717, 1.165) is 5.56 Å². The number of carbonyl (C=O) groups is 2. The molecule has 0 bridgehead atoms. The van der Waals surface area contributed by atoms with Crippen molar-refractivity contribution in [2.75, 3.05) is 13.7 Å². The number of rotatable bonds is 16. The normalized spacial score (nSPS) is 12.4. The van der Waals surface area contributed by atoms with Crippen LogP contribution in [0.5, 0.6) is 11.6 Å². The third kappa shape index (κ3) is 10.3. The monoisotopic (exact) mass is 564 g/mol. The van der Waals surface area contributed by atoms with Crippen LogP contribution < -0.4 is 15.4 Å². The maximum atomic E-state index is 12.8. The lowest BCUT2D eigenvalue weighted by atomic mass is 9.98. The van der Waals surface area contributed by atoms with Gasteiger partial charge in [0.1, 0.15) is 11.9 Å². The Kier molecular flexibility index (Phi) is 12.2. The van der Waals surface area contributed by atoms with Gasteiger partial charge >= 0.3 is 5.97 Å². The molecule has 0 fully saturated rings. The Bertz CT molecular complexity index is 1270. The Morgan fingerprint density at radius 1 is 1.05 bits per heavy atom. The predicted molar refractivity (Wildman–Crippen MR) is 152 cm³/mol. The fourth-order valence-corrected chi connectivity index (χ4v) is 4.08. The van der Waals surface area contributed by atoms with E-state index >= 15 is 0 Å². The minimum absolute atomic E-state index is 0.0295. The van der Waals surface area contributed by atoms with Crippen molar-refractivity contribution in [3.8, 4) is 11.6 Å². The topological polar surface area (TPSA) is 142 Å². The number of carbonyl (C=O) groups excluding carboxylic acids is 2. The maximum absolute atomic E-state index is 12.8. The van der Waals surface area contributed by atoms with Crippen LogP contribution in [0.1, 0.15) is 37.8 Å². The molecule has 2 aromatic carbocycles. The zero-order valence-corrected chi connectivity index (χ0v) is 23.4. The van der Waals surface area contributed by atoms with Crippen LogP contribution in [0.15, 0.2) is 72.9 Å². The first-order chi connectivity index (χ1) is 19.8. The Morgan fingerprint density at radius 3 is 2.37 bits per heavy atom. The van der Waals surface area contributed by atoms with Crippen LogP contribution in [0, 0.1) is 16.0 Å². The van der Waals surface area contributed by atoms with E-state index in [-0.39, 0.29) is 49.0 Å². The van der Waals surface area contributed by atoms with Gasteiger partial charge in [0.25, 0.3) is 5.69 Å². The van der Waals surface area contributed by atoms with Gasteiger partial charge in [0.05, 0.1) is 30.8 Å². The highest BCUT2D eigenvalue weighted by Gasteiger charge is 2.24. The standard InChI is InChI=1S/C30H36N4O7/c1-21(2)25(14-15-28(35)33-26(30(36)39-3)20-40-19-22-10-6-4-7-11-22)31-17-23-16-29(32-18-27(23)34(37)38)41-24-12-8-5-9-13-24/h4-13,16,18,21,25-26,31H,14-15,17,19-20H2,1-3H3,(H,33,35). The van der Waals surface area contributed by atoms with E-state index in [9.17, 15) is 19.7 Å². The molecule has 0 radical (unpaired) electrons. The van der Waals surface area contributed by atoms with Crippen LogP contribution in [-0.2, 0) is 32.2 Å². The smallest absolute Gasteiger partial charge is 0.330 e. The molecule has 1 heterocycles. The van der Waals surface area contributed by atoms with Gasteiger partial charge in [-0.3, -0.25) is 14.9 Å². The maximum Gasteiger partial charge on any atom is 0.330 e. The molecule has 0 saturated heterocycles. The van der Waals surface area contributed by atoms with E-state index in [2.05, 4.69) is 15.6 Å². The highest BCUT2D eigenvalue weighted by Crippen LogP contribution is 2.25. The average molecular weight is 565 g/mol. The summed E-state index contributed by atoms with van der Waals surface area (Å²) in [4.78, 5) is 40.2. The molecule has 11 nitrogen and oxygen atoms in total. The molecule has 0 aliphatic carbocycles. The molecular weight excluding hydrogens is 528 g/mol. The van der Waals surface area contributed by atoms with Crippen molar-refractivity contribution >= 4 is 17.6 Å². The third-order valence-electron chi connectivity index (χ3n) is 6.36. The number of aromatic nitrogens is 1. The van der Waals surface area contributed by atoms with Gasteiger partial charge in [-0.25, -0.2) is 9.78 Å². The van der Waals surface area contributed by atoms with Gasteiger partial charge in [-0.1, -0.05) is 62.4 Å². The first-order valence-electron chi connectivity index (χ1n) is 13.3. The first-order valence-corrected chi connectivity index (χ1v) is 13.3. The first kappa shape index (κ1) is 31.2. The number of para-hydroxylation sites is 1. The molecule has 0 spiro atoms. The third-order valence-corrected chi connectivity index (χ3v) is 6.36. The number of benzene rings is 2. The lowest BCUT2D eigenvalue weighted by Gasteiger charge is -2.23. The largest absolute Gasteiger partial charge is 0.467 e. The quantitative estimate of drug-likeness (QED) is 0.146. The molecule has 1 amide bonds. The van der Waals surface area contributed by atoms with Crippen molar-refractivity contribution in [1.82, 2.24) is 15.6 Å². The summed E-state index contributed by atoms with van der Waals surface area (Å²) >= 11 is 0. The molecule has 3 aromatic rings. The lowest BCUT2D eigenvalue weighted by molar-refractivity contribution is -0.386. The zero-order valence-electron chi connectivity index (χ0n) is 23.4. The summed E-state index contributed by atoms with van der Waals surface area (Å²) < 4.78 is 16.2. The van der Waals surface area contributed by atoms with Crippen LogP contribution in [-0.4, -0.2) is 47.6 Å². The van der Waals surface area contributed by atoms with E-state index in [0.29, 0.717) is 24.3 Å². The Hall–Kier alpha value is -4.35. The van der Waals surface area contributed by atoms with E-state index in [4.69, 9.17) is 14.2 Å². The number of amides is 1. The average Bonchev–Trinajstić information content (AvgIpc) is 2.97. The fourth-order valence-electron chi connectivity index (χ4n) is 4.08. The number of nitro groups is 1. The fraction of sp³-hybridized carbons (Fsp3) is 0.367. The summed E-state index contributed by atoms with van der Waals surface area (Å²) in [6.07, 6.45) is 1.75. The SMILES string of the molecule is COC(=O)C(COCc1ccccc1)NC(=O)CCC(NCc1cc(Oc2ccccc2)ncc1[N+](=O)[O-])C(C)C. The molecule has 218 valence electrons. The van der Waals surface area contributed by atoms with E-state index < -0.39 is 16.9 Å². The van der Waals surface area contributed by atoms with Gasteiger partial charge in [0.15, 0.2) is 6.04 Å². The molecule has 2 unspecified atom stereocenters. The number of nitrogens with one attached hydrogen (secondary N) is 2. The molecular formula is C30H36N4O7. The second kappa shape index (κ2) is 16.0. The molecule has 3 rings (SSSR count). The second-order valence-electron chi connectivity index (χ2n) is 9.74. The van der Waals surface area contributed by atoms with Crippen molar-refractivity contribution in [3.63, 3.8) is 0 Å². The van der Waals surface area contributed by atoms with Gasteiger partial charge < -0.3 is 24.8 Å². The second-order valence-corrected chi connectivity index (χ2v) is 9.74. The summed E-state index contributed by atoms with van der Waals surface area (Å²) in [7, 11) is 1.26. The van der Waals surface area contributed by atoms with Crippen molar-refractivity contribution in [2.24, 2.45) is 5.92 Å². The van der Waals surface area contributed by atoms with E-state index in [1.165, 1.54) is 13.3 Å². The minimum atomic E-state index is -0.941. The number of methoxy groups -OCH3 is 1. The van der Waals surface area contributed by atoms with Crippen LogP contribution in [0.4, 0.5) is 5.69 Å². The molecule has 2 N–H and O–H groups in total. The van der Waals surface area contributed by atoms with Gasteiger partial charge in [-0.2, -0.15) is 0 Å². The molecule has 41 heavy (non-hydrogen) atoms. The Morgan fingerprint density at radius 2 is 1.73 bits per heavy atom. The molecule has 1 aromatic heterocycles. The predicted octanol–water partition coefficient (Wildman–Crippen LogP) is 4.55. The summed E-state index contributed by atoms with van der Waals surface area (Å²) in [5.41, 5.74) is 1.23. The molecule has 0 saturated carbocycles.